The van der Waals surface area contributed by atoms with Gasteiger partial charge in [0.2, 0.25) is 5.91 Å². The maximum atomic E-state index is 12.5. The summed E-state index contributed by atoms with van der Waals surface area (Å²) in [6.07, 6.45) is 9.55. The molecule has 0 heterocycles. The molecule has 0 radical (unpaired) electrons. The average molecular weight is 406 g/mol. The lowest BCUT2D eigenvalue weighted by molar-refractivity contribution is -0.126. The highest BCUT2D eigenvalue weighted by Crippen LogP contribution is 2.23. The molecule has 28 heavy (non-hydrogen) atoms. The number of carbonyl (C=O) groups is 2. The number of hydrazine groups is 1. The van der Waals surface area contributed by atoms with Crippen LogP contribution in [-0.4, -0.2) is 23.5 Å². The van der Waals surface area contributed by atoms with Crippen LogP contribution in [0, 0.1) is 5.92 Å². The number of para-hydroxylation sites is 1. The van der Waals surface area contributed by atoms with Gasteiger partial charge in [0.25, 0.3) is 5.91 Å². The number of benzene rings is 1. The van der Waals surface area contributed by atoms with Crippen molar-refractivity contribution >= 4 is 29.1 Å². The van der Waals surface area contributed by atoms with Gasteiger partial charge in [0.1, 0.15) is 5.75 Å². The highest BCUT2D eigenvalue weighted by molar-refractivity contribution is 7.80. The topological polar surface area (TPSA) is 79.5 Å². The van der Waals surface area contributed by atoms with Crippen LogP contribution in [0.4, 0.5) is 0 Å². The van der Waals surface area contributed by atoms with Gasteiger partial charge in [-0.3, -0.25) is 25.8 Å². The minimum atomic E-state index is -0.367. The van der Waals surface area contributed by atoms with Crippen molar-refractivity contribution in [2.24, 2.45) is 5.92 Å². The molecule has 1 saturated carbocycles. The highest BCUT2D eigenvalue weighted by Gasteiger charge is 2.21. The summed E-state index contributed by atoms with van der Waals surface area (Å²) >= 11 is 5.13. The van der Waals surface area contributed by atoms with Crippen molar-refractivity contribution in [1.29, 1.82) is 0 Å². The van der Waals surface area contributed by atoms with Crippen molar-refractivity contribution in [2.75, 3.05) is 6.61 Å². The van der Waals surface area contributed by atoms with Gasteiger partial charge in [0.15, 0.2) is 5.11 Å². The van der Waals surface area contributed by atoms with Gasteiger partial charge in [-0.25, -0.2) is 0 Å². The van der Waals surface area contributed by atoms with Crippen LogP contribution in [0.5, 0.6) is 5.75 Å². The fraction of sp³-hybridized carbons (Fsp3) is 0.571. The van der Waals surface area contributed by atoms with Crippen LogP contribution in [0.25, 0.3) is 0 Å². The van der Waals surface area contributed by atoms with Crippen LogP contribution in [0.1, 0.15) is 75.1 Å². The van der Waals surface area contributed by atoms with E-state index in [0.717, 1.165) is 38.5 Å². The first-order valence-corrected chi connectivity index (χ1v) is 10.7. The summed E-state index contributed by atoms with van der Waals surface area (Å²) in [6.45, 7) is 2.74. The molecule has 0 spiro atoms. The monoisotopic (exact) mass is 405 g/mol. The van der Waals surface area contributed by atoms with E-state index in [1.807, 2.05) is 6.07 Å². The Hall–Kier alpha value is -2.15. The maximum Gasteiger partial charge on any atom is 0.261 e. The van der Waals surface area contributed by atoms with E-state index in [0.29, 0.717) is 17.9 Å². The van der Waals surface area contributed by atoms with Gasteiger partial charge in [-0.15, -0.1) is 0 Å². The second kappa shape index (κ2) is 12.3. The fourth-order valence-corrected chi connectivity index (χ4v) is 3.42. The van der Waals surface area contributed by atoms with Gasteiger partial charge in [0.05, 0.1) is 12.2 Å². The molecule has 3 N–H and O–H groups in total. The molecule has 2 rings (SSSR count). The first-order valence-electron chi connectivity index (χ1n) is 10.2. The van der Waals surface area contributed by atoms with E-state index >= 15 is 0 Å². The number of nitrogens with one attached hydrogen (secondary N) is 3. The Bertz CT molecular complexity index is 660. The van der Waals surface area contributed by atoms with Crippen LogP contribution in [0.15, 0.2) is 24.3 Å². The van der Waals surface area contributed by atoms with Gasteiger partial charge in [-0.1, -0.05) is 57.6 Å². The molecule has 0 aliphatic heterocycles. The first-order chi connectivity index (χ1) is 13.6. The molecule has 0 atom stereocenters. The summed E-state index contributed by atoms with van der Waals surface area (Å²) < 4.78 is 5.77. The van der Waals surface area contributed by atoms with Crippen LogP contribution in [-0.2, 0) is 4.79 Å². The molecule has 0 aromatic heterocycles. The number of amides is 2. The predicted molar refractivity (Wildman–Crippen MR) is 114 cm³/mol. The van der Waals surface area contributed by atoms with Gasteiger partial charge >= 0.3 is 0 Å². The van der Waals surface area contributed by atoms with Crippen LogP contribution < -0.4 is 20.9 Å². The molecule has 2 amide bonds. The molecular formula is C21H31N3O3S. The normalized spacial score (nSPS) is 14.2. The molecule has 1 fully saturated rings. The molecule has 1 aromatic carbocycles. The van der Waals surface area contributed by atoms with Gasteiger partial charge in [0, 0.05) is 5.92 Å². The Morgan fingerprint density at radius 2 is 1.82 bits per heavy atom. The number of thiocarbonyl (C=S) groups is 1. The molecule has 1 aromatic rings. The maximum absolute atomic E-state index is 12.5. The second-order valence-electron chi connectivity index (χ2n) is 7.14. The van der Waals surface area contributed by atoms with Crippen LogP contribution >= 0.6 is 12.2 Å². The van der Waals surface area contributed by atoms with Gasteiger partial charge < -0.3 is 4.74 Å². The molecule has 1 aliphatic carbocycles. The number of hydrogen-bond donors (Lipinski definition) is 3. The smallest absolute Gasteiger partial charge is 0.261 e. The Kier molecular flexibility index (Phi) is 9.76. The summed E-state index contributed by atoms with van der Waals surface area (Å²) in [5.41, 5.74) is 5.64. The number of hydrogen-bond acceptors (Lipinski definition) is 4. The Morgan fingerprint density at radius 1 is 1.07 bits per heavy atom. The third kappa shape index (κ3) is 7.46. The molecule has 7 heteroatoms. The number of rotatable bonds is 8. The van der Waals surface area contributed by atoms with E-state index in [1.165, 1.54) is 19.3 Å². The van der Waals surface area contributed by atoms with Crippen molar-refractivity contribution in [3.05, 3.63) is 29.8 Å². The third-order valence-electron chi connectivity index (χ3n) is 4.89. The summed E-state index contributed by atoms with van der Waals surface area (Å²) in [6, 6.07) is 7.08. The van der Waals surface area contributed by atoms with Crippen LogP contribution in [0.2, 0.25) is 0 Å². The number of ether oxygens (including phenoxy) is 1. The van der Waals surface area contributed by atoms with E-state index in [9.17, 15) is 9.59 Å². The average Bonchev–Trinajstić information content (AvgIpc) is 2.72. The van der Waals surface area contributed by atoms with E-state index in [2.05, 4.69) is 23.1 Å². The standard InChI is InChI=1S/C21H31N3O3S/c1-2-3-4-10-15-27-18-14-9-8-13-17(18)20(26)22-21(28)24-23-19(25)16-11-6-5-7-12-16/h8-9,13-14,16H,2-7,10-12,15H2,1H3,(H,23,25)(H2,22,24,26,28). The zero-order valence-electron chi connectivity index (χ0n) is 16.6. The largest absolute Gasteiger partial charge is 0.493 e. The minimum Gasteiger partial charge on any atom is -0.493 e. The molecular weight excluding hydrogens is 374 g/mol. The molecule has 0 unspecified atom stereocenters. The Labute approximate surface area is 172 Å². The molecule has 1 aliphatic rings. The first kappa shape index (κ1) is 22.1. The Morgan fingerprint density at radius 3 is 2.57 bits per heavy atom. The SMILES string of the molecule is CCCCCCOc1ccccc1C(=O)NC(=S)NNC(=O)C1CCCCC1. The van der Waals surface area contributed by atoms with Gasteiger partial charge in [-0.2, -0.15) is 0 Å². The number of unbranched alkanes of at least 4 members (excludes halogenated alkanes) is 3. The van der Waals surface area contributed by atoms with E-state index in [-0.39, 0.29) is 22.8 Å². The molecule has 0 saturated heterocycles. The van der Waals surface area contributed by atoms with Gasteiger partial charge in [-0.05, 0) is 43.6 Å². The quantitative estimate of drug-likeness (QED) is 0.348. The van der Waals surface area contributed by atoms with Crippen molar-refractivity contribution in [3.8, 4) is 5.75 Å². The summed E-state index contributed by atoms with van der Waals surface area (Å²) in [4.78, 5) is 24.7. The van der Waals surface area contributed by atoms with E-state index in [4.69, 9.17) is 17.0 Å². The summed E-state index contributed by atoms with van der Waals surface area (Å²) in [5, 5.41) is 2.65. The lowest BCUT2D eigenvalue weighted by Crippen LogP contribution is -2.50. The molecule has 6 nitrogen and oxygen atoms in total. The summed E-state index contributed by atoms with van der Waals surface area (Å²) in [5.74, 6) is 0.104. The van der Waals surface area contributed by atoms with Crippen molar-refractivity contribution in [2.45, 2.75) is 64.7 Å². The van der Waals surface area contributed by atoms with Crippen molar-refractivity contribution in [1.82, 2.24) is 16.2 Å². The fourth-order valence-electron chi connectivity index (χ4n) is 3.28. The molecule has 0 bridgehead atoms. The minimum absolute atomic E-state index is 0.0154. The highest BCUT2D eigenvalue weighted by atomic mass is 32.1. The third-order valence-corrected chi connectivity index (χ3v) is 5.09. The second-order valence-corrected chi connectivity index (χ2v) is 7.55. The zero-order valence-corrected chi connectivity index (χ0v) is 17.4. The lowest BCUT2D eigenvalue weighted by atomic mass is 9.89. The predicted octanol–water partition coefficient (Wildman–Crippen LogP) is 3.86. The summed E-state index contributed by atoms with van der Waals surface area (Å²) in [7, 11) is 0. The van der Waals surface area contributed by atoms with Crippen molar-refractivity contribution < 1.29 is 14.3 Å². The van der Waals surface area contributed by atoms with E-state index < -0.39 is 0 Å². The van der Waals surface area contributed by atoms with E-state index in [1.54, 1.807) is 18.2 Å². The van der Waals surface area contributed by atoms with Crippen LogP contribution in [0.3, 0.4) is 0 Å². The zero-order chi connectivity index (χ0) is 20.2. The number of carbonyl (C=O) groups excluding carboxylic acids is 2. The lowest BCUT2D eigenvalue weighted by Gasteiger charge is -2.21. The molecule has 154 valence electrons. The van der Waals surface area contributed by atoms with Crippen molar-refractivity contribution in [3.63, 3.8) is 0 Å². The Balaban J connectivity index is 1.79.